The first-order valence-electron chi connectivity index (χ1n) is 8.45. The van der Waals surface area contributed by atoms with Gasteiger partial charge in [0.2, 0.25) is 0 Å². The maximum atomic E-state index is 10.2. The topological polar surface area (TPSA) is 67.6 Å². The molecule has 0 aromatic heterocycles. The highest BCUT2D eigenvalue weighted by Gasteiger charge is 2.07. The number of carbonyl (C=O) groups is 1. The molecule has 0 bridgehead atoms. The molecule has 5 heteroatoms. The van der Waals surface area contributed by atoms with E-state index in [1.807, 2.05) is 51.2 Å². The number of carbonyl (C=O) groups excluding carboxylic acids is 1. The second-order valence-electron chi connectivity index (χ2n) is 5.05. The Morgan fingerprint density at radius 2 is 1.87 bits per heavy atom. The van der Waals surface area contributed by atoms with E-state index in [4.69, 9.17) is 10.5 Å². The number of nitrogens with zero attached hydrogens (tertiary/aromatic N) is 1. The summed E-state index contributed by atoms with van der Waals surface area (Å²) in [5.74, 6) is 0. The summed E-state index contributed by atoms with van der Waals surface area (Å²) in [5, 5.41) is 3.13. The molecule has 2 rings (SSSR count). The number of morpholine rings is 1. The van der Waals surface area contributed by atoms with Crippen LogP contribution in [0.2, 0.25) is 0 Å². The van der Waals surface area contributed by atoms with Gasteiger partial charge < -0.3 is 20.6 Å². The molecule has 0 saturated carbocycles. The molecule has 1 saturated heterocycles. The molecule has 5 nitrogen and oxygen atoms in total. The van der Waals surface area contributed by atoms with Crippen LogP contribution in [0.4, 0.5) is 0 Å². The minimum atomic E-state index is -0.364. The minimum Gasteiger partial charge on any atom is -0.379 e. The molecular weight excluding hydrogens is 290 g/mol. The van der Waals surface area contributed by atoms with Crippen LogP contribution < -0.4 is 11.1 Å². The van der Waals surface area contributed by atoms with Crippen LogP contribution in [0.15, 0.2) is 30.3 Å². The predicted octanol–water partition coefficient (Wildman–Crippen LogP) is 1.32. The van der Waals surface area contributed by atoms with Gasteiger partial charge in [-0.2, -0.15) is 0 Å². The van der Waals surface area contributed by atoms with Crippen molar-refractivity contribution in [3.8, 4) is 0 Å². The summed E-state index contributed by atoms with van der Waals surface area (Å²) in [6.07, 6.45) is 1.40. The Labute approximate surface area is 141 Å². The Hall–Kier alpha value is -1.27. The SMILES string of the molecule is CC.CNCCN1CCOCC1.NC(C=O)Cc1ccccc1. The summed E-state index contributed by atoms with van der Waals surface area (Å²) in [5.41, 5.74) is 6.54. The monoisotopic (exact) mass is 323 g/mol. The van der Waals surface area contributed by atoms with E-state index in [0.29, 0.717) is 6.42 Å². The van der Waals surface area contributed by atoms with E-state index < -0.39 is 0 Å². The average molecular weight is 323 g/mol. The lowest BCUT2D eigenvalue weighted by Gasteiger charge is -2.26. The van der Waals surface area contributed by atoms with Crippen molar-refractivity contribution in [1.29, 1.82) is 0 Å². The minimum absolute atomic E-state index is 0.364. The number of aldehydes is 1. The summed E-state index contributed by atoms with van der Waals surface area (Å²) >= 11 is 0. The fourth-order valence-electron chi connectivity index (χ4n) is 2.03. The third-order valence-electron chi connectivity index (χ3n) is 3.27. The maximum Gasteiger partial charge on any atom is 0.137 e. The van der Waals surface area contributed by atoms with Crippen molar-refractivity contribution in [2.75, 3.05) is 46.4 Å². The Bertz CT molecular complexity index is 368. The van der Waals surface area contributed by atoms with Gasteiger partial charge in [0.1, 0.15) is 6.29 Å². The van der Waals surface area contributed by atoms with Gasteiger partial charge in [0.25, 0.3) is 0 Å². The molecular formula is C18H33N3O2. The number of nitrogens with two attached hydrogens (primary N) is 1. The molecule has 132 valence electrons. The quantitative estimate of drug-likeness (QED) is 0.773. The van der Waals surface area contributed by atoms with Gasteiger partial charge in [0.15, 0.2) is 0 Å². The molecule has 1 aromatic rings. The van der Waals surface area contributed by atoms with Crippen molar-refractivity contribution < 1.29 is 9.53 Å². The van der Waals surface area contributed by atoms with E-state index >= 15 is 0 Å². The maximum absolute atomic E-state index is 10.2. The molecule has 3 N–H and O–H groups in total. The van der Waals surface area contributed by atoms with Crippen LogP contribution in [-0.2, 0) is 16.0 Å². The van der Waals surface area contributed by atoms with Crippen LogP contribution >= 0.6 is 0 Å². The van der Waals surface area contributed by atoms with Gasteiger partial charge in [-0.05, 0) is 19.0 Å². The molecule has 1 aromatic carbocycles. The number of hydrogen-bond acceptors (Lipinski definition) is 5. The molecule has 1 aliphatic rings. The highest BCUT2D eigenvalue weighted by Crippen LogP contribution is 2.00. The van der Waals surface area contributed by atoms with Crippen LogP contribution in [0.5, 0.6) is 0 Å². The molecule has 1 atom stereocenters. The lowest BCUT2D eigenvalue weighted by atomic mass is 10.1. The van der Waals surface area contributed by atoms with Crippen LogP contribution in [0.1, 0.15) is 19.4 Å². The Balaban J connectivity index is 0.000000381. The summed E-state index contributed by atoms with van der Waals surface area (Å²) in [4.78, 5) is 12.6. The van der Waals surface area contributed by atoms with Gasteiger partial charge in [-0.15, -0.1) is 0 Å². The zero-order chi connectivity index (χ0) is 17.3. The third kappa shape index (κ3) is 11.9. The van der Waals surface area contributed by atoms with Gasteiger partial charge in [0, 0.05) is 26.2 Å². The zero-order valence-electron chi connectivity index (χ0n) is 14.8. The van der Waals surface area contributed by atoms with E-state index in [2.05, 4.69) is 10.2 Å². The van der Waals surface area contributed by atoms with Crippen molar-refractivity contribution in [2.24, 2.45) is 5.73 Å². The third-order valence-corrected chi connectivity index (χ3v) is 3.27. The van der Waals surface area contributed by atoms with E-state index in [-0.39, 0.29) is 6.04 Å². The molecule has 23 heavy (non-hydrogen) atoms. The molecule has 1 aliphatic heterocycles. The summed E-state index contributed by atoms with van der Waals surface area (Å²) in [6, 6.07) is 9.37. The highest BCUT2D eigenvalue weighted by atomic mass is 16.5. The molecule has 1 unspecified atom stereocenters. The van der Waals surface area contributed by atoms with Crippen LogP contribution in [-0.4, -0.2) is 63.7 Å². The first kappa shape index (κ1) is 21.7. The Morgan fingerprint density at radius 3 is 2.39 bits per heavy atom. The van der Waals surface area contributed by atoms with Crippen LogP contribution in [0.3, 0.4) is 0 Å². The van der Waals surface area contributed by atoms with Crippen molar-refractivity contribution in [1.82, 2.24) is 10.2 Å². The van der Waals surface area contributed by atoms with Gasteiger partial charge in [-0.25, -0.2) is 0 Å². The number of benzene rings is 1. The normalized spacial score (nSPS) is 15.5. The van der Waals surface area contributed by atoms with Crippen molar-refractivity contribution >= 4 is 6.29 Å². The van der Waals surface area contributed by atoms with E-state index in [9.17, 15) is 4.79 Å². The Morgan fingerprint density at radius 1 is 1.26 bits per heavy atom. The highest BCUT2D eigenvalue weighted by molar-refractivity contribution is 5.57. The van der Waals surface area contributed by atoms with E-state index in [0.717, 1.165) is 51.2 Å². The van der Waals surface area contributed by atoms with Crippen LogP contribution in [0, 0.1) is 0 Å². The number of ether oxygens (including phenoxy) is 1. The Kier molecular flexibility index (Phi) is 14.8. The summed E-state index contributed by atoms with van der Waals surface area (Å²) in [7, 11) is 1.99. The fourth-order valence-corrected chi connectivity index (χ4v) is 2.03. The van der Waals surface area contributed by atoms with E-state index in [1.54, 1.807) is 0 Å². The van der Waals surface area contributed by atoms with Crippen molar-refractivity contribution in [3.63, 3.8) is 0 Å². The smallest absolute Gasteiger partial charge is 0.137 e. The largest absolute Gasteiger partial charge is 0.379 e. The molecule has 0 aliphatic carbocycles. The lowest BCUT2D eigenvalue weighted by Crippen LogP contribution is -2.39. The van der Waals surface area contributed by atoms with Gasteiger partial charge >= 0.3 is 0 Å². The molecule has 0 amide bonds. The van der Waals surface area contributed by atoms with Gasteiger partial charge in [-0.1, -0.05) is 44.2 Å². The molecule has 0 spiro atoms. The number of likely N-dealkylation sites (N-methyl/N-ethyl adjacent to an activating group) is 1. The standard InChI is InChI=1S/C9H11NO.C7H16N2O.C2H6/c10-9(7-11)6-8-4-2-1-3-5-8;1-8-2-3-9-4-6-10-7-5-9;1-2/h1-5,7,9H,6,10H2;8H,2-7H2,1H3;1-2H3. The molecule has 1 heterocycles. The first-order valence-corrected chi connectivity index (χ1v) is 8.45. The number of hydrogen-bond donors (Lipinski definition) is 2. The molecule has 1 fully saturated rings. The number of rotatable bonds is 6. The number of nitrogens with one attached hydrogen (secondary N) is 1. The second kappa shape index (κ2) is 15.6. The second-order valence-corrected chi connectivity index (χ2v) is 5.05. The van der Waals surface area contributed by atoms with Gasteiger partial charge in [-0.3, -0.25) is 4.90 Å². The van der Waals surface area contributed by atoms with E-state index in [1.165, 1.54) is 0 Å². The average Bonchev–Trinajstić information content (AvgIpc) is 2.64. The molecule has 0 radical (unpaired) electrons. The van der Waals surface area contributed by atoms with Gasteiger partial charge in [0.05, 0.1) is 19.3 Å². The predicted molar refractivity (Wildman–Crippen MR) is 96.7 cm³/mol. The first-order chi connectivity index (χ1) is 11.3. The fraction of sp³-hybridized carbons (Fsp3) is 0.611. The van der Waals surface area contributed by atoms with Crippen molar-refractivity contribution in [2.45, 2.75) is 26.3 Å². The van der Waals surface area contributed by atoms with Crippen LogP contribution in [0.25, 0.3) is 0 Å². The summed E-state index contributed by atoms with van der Waals surface area (Å²) in [6.45, 7) is 10.2. The lowest BCUT2D eigenvalue weighted by molar-refractivity contribution is -0.108. The van der Waals surface area contributed by atoms with Crippen molar-refractivity contribution in [3.05, 3.63) is 35.9 Å². The zero-order valence-corrected chi connectivity index (χ0v) is 14.8. The summed E-state index contributed by atoms with van der Waals surface area (Å²) < 4.78 is 5.22.